The van der Waals surface area contributed by atoms with Crippen LogP contribution in [0.4, 0.5) is 0 Å². The van der Waals surface area contributed by atoms with Crippen molar-refractivity contribution in [1.29, 1.82) is 0 Å². The number of ether oxygens (including phenoxy) is 1. The first-order chi connectivity index (χ1) is 8.68. The topological polar surface area (TPSA) is 24.5 Å². The van der Waals surface area contributed by atoms with Gasteiger partial charge in [-0.1, -0.05) is 13.8 Å². The maximum Gasteiger partial charge on any atom is 0.0701 e. The van der Waals surface area contributed by atoms with Crippen LogP contribution in [0.3, 0.4) is 0 Å². The standard InChI is InChI=1S/C15H32N2O/c1-14(2)7-6-9-16-10-11-17(3)13-15-8-4-5-12-18-15/h14-16H,4-13H2,1-3H3. The number of rotatable bonds is 9. The summed E-state index contributed by atoms with van der Waals surface area (Å²) in [7, 11) is 2.20. The molecule has 1 atom stereocenters. The third-order valence-corrected chi connectivity index (χ3v) is 3.59. The second kappa shape index (κ2) is 9.76. The van der Waals surface area contributed by atoms with E-state index in [1.165, 1.54) is 32.1 Å². The van der Waals surface area contributed by atoms with Crippen molar-refractivity contribution < 1.29 is 4.74 Å². The van der Waals surface area contributed by atoms with Crippen LogP contribution in [-0.4, -0.2) is 50.8 Å². The molecule has 3 heteroatoms. The SMILES string of the molecule is CC(C)CCCNCCN(C)CC1CCCCO1. The summed E-state index contributed by atoms with van der Waals surface area (Å²) in [5, 5.41) is 3.53. The van der Waals surface area contributed by atoms with Gasteiger partial charge in [0, 0.05) is 26.2 Å². The number of nitrogens with one attached hydrogen (secondary N) is 1. The average molecular weight is 256 g/mol. The van der Waals surface area contributed by atoms with Crippen LogP contribution in [0.2, 0.25) is 0 Å². The predicted octanol–water partition coefficient (Wildman–Crippen LogP) is 2.51. The molecule has 1 aliphatic rings. The minimum atomic E-state index is 0.477. The molecular formula is C15H32N2O. The third-order valence-electron chi connectivity index (χ3n) is 3.59. The second-order valence-electron chi connectivity index (χ2n) is 6.04. The summed E-state index contributed by atoms with van der Waals surface area (Å²) in [6.45, 7) is 10.0. The molecule has 108 valence electrons. The summed E-state index contributed by atoms with van der Waals surface area (Å²) in [5.41, 5.74) is 0. The molecule has 1 heterocycles. The maximum absolute atomic E-state index is 5.76. The Morgan fingerprint density at radius 1 is 1.28 bits per heavy atom. The van der Waals surface area contributed by atoms with E-state index in [0.29, 0.717) is 6.10 Å². The maximum atomic E-state index is 5.76. The van der Waals surface area contributed by atoms with Crippen molar-refractivity contribution in [2.24, 2.45) is 5.92 Å². The lowest BCUT2D eigenvalue weighted by molar-refractivity contribution is -0.00122. The zero-order valence-corrected chi connectivity index (χ0v) is 12.6. The monoisotopic (exact) mass is 256 g/mol. The van der Waals surface area contributed by atoms with Gasteiger partial charge < -0.3 is 15.0 Å². The predicted molar refractivity (Wildman–Crippen MR) is 78.0 cm³/mol. The molecule has 1 unspecified atom stereocenters. The normalized spacial score (nSPS) is 20.8. The molecular weight excluding hydrogens is 224 g/mol. The van der Waals surface area contributed by atoms with Gasteiger partial charge in [-0.3, -0.25) is 0 Å². The highest BCUT2D eigenvalue weighted by Crippen LogP contribution is 2.13. The summed E-state index contributed by atoms with van der Waals surface area (Å²) in [4.78, 5) is 2.39. The Bertz CT molecular complexity index is 191. The lowest BCUT2D eigenvalue weighted by atomic mass is 10.1. The van der Waals surface area contributed by atoms with E-state index in [1.807, 2.05) is 0 Å². The van der Waals surface area contributed by atoms with E-state index in [4.69, 9.17) is 4.74 Å². The van der Waals surface area contributed by atoms with Crippen LogP contribution in [0.25, 0.3) is 0 Å². The fourth-order valence-electron chi connectivity index (χ4n) is 2.42. The Balaban J connectivity index is 1.91. The molecule has 1 rings (SSSR count). The molecule has 0 aromatic carbocycles. The van der Waals surface area contributed by atoms with Crippen molar-refractivity contribution in [3.63, 3.8) is 0 Å². The number of hydrogen-bond acceptors (Lipinski definition) is 3. The van der Waals surface area contributed by atoms with Crippen molar-refractivity contribution in [2.45, 2.75) is 52.1 Å². The van der Waals surface area contributed by atoms with E-state index in [-0.39, 0.29) is 0 Å². The van der Waals surface area contributed by atoms with Gasteiger partial charge in [0.1, 0.15) is 0 Å². The van der Waals surface area contributed by atoms with Gasteiger partial charge in [-0.2, -0.15) is 0 Å². The van der Waals surface area contributed by atoms with Crippen molar-refractivity contribution in [1.82, 2.24) is 10.2 Å². The largest absolute Gasteiger partial charge is 0.377 e. The molecule has 1 fully saturated rings. The highest BCUT2D eigenvalue weighted by Gasteiger charge is 2.15. The quantitative estimate of drug-likeness (QED) is 0.642. The summed E-state index contributed by atoms with van der Waals surface area (Å²) in [6.07, 6.45) is 6.94. The van der Waals surface area contributed by atoms with Crippen LogP contribution < -0.4 is 5.32 Å². The second-order valence-corrected chi connectivity index (χ2v) is 6.04. The van der Waals surface area contributed by atoms with E-state index in [0.717, 1.165) is 38.7 Å². The molecule has 0 aromatic heterocycles. The van der Waals surface area contributed by atoms with Gasteiger partial charge in [0.25, 0.3) is 0 Å². The molecule has 1 saturated heterocycles. The van der Waals surface area contributed by atoms with Gasteiger partial charge in [0.15, 0.2) is 0 Å². The summed E-state index contributed by atoms with van der Waals surface area (Å²) >= 11 is 0. The first-order valence-corrected chi connectivity index (χ1v) is 7.69. The number of nitrogens with zero attached hydrogens (tertiary/aromatic N) is 1. The summed E-state index contributed by atoms with van der Waals surface area (Å²) in [6, 6.07) is 0. The molecule has 1 aliphatic heterocycles. The van der Waals surface area contributed by atoms with Gasteiger partial charge in [-0.25, -0.2) is 0 Å². The van der Waals surface area contributed by atoms with Crippen molar-refractivity contribution in [3.05, 3.63) is 0 Å². The highest BCUT2D eigenvalue weighted by atomic mass is 16.5. The minimum absolute atomic E-state index is 0.477. The molecule has 0 aromatic rings. The van der Waals surface area contributed by atoms with Crippen molar-refractivity contribution >= 4 is 0 Å². The highest BCUT2D eigenvalue weighted by molar-refractivity contribution is 4.68. The van der Waals surface area contributed by atoms with Crippen LogP contribution in [0.15, 0.2) is 0 Å². The third kappa shape index (κ3) is 8.06. The van der Waals surface area contributed by atoms with Gasteiger partial charge in [-0.15, -0.1) is 0 Å². The number of hydrogen-bond donors (Lipinski definition) is 1. The van der Waals surface area contributed by atoms with Crippen molar-refractivity contribution in [2.75, 3.05) is 39.8 Å². The molecule has 0 spiro atoms. The molecule has 0 amide bonds. The molecule has 0 saturated carbocycles. The van der Waals surface area contributed by atoms with Crippen LogP contribution in [-0.2, 0) is 4.74 Å². The van der Waals surface area contributed by atoms with E-state index in [1.54, 1.807) is 0 Å². The first kappa shape index (κ1) is 15.9. The van der Waals surface area contributed by atoms with Crippen LogP contribution >= 0.6 is 0 Å². The van der Waals surface area contributed by atoms with Crippen LogP contribution in [0.1, 0.15) is 46.0 Å². The minimum Gasteiger partial charge on any atom is -0.377 e. The van der Waals surface area contributed by atoms with Gasteiger partial charge >= 0.3 is 0 Å². The van der Waals surface area contributed by atoms with E-state index >= 15 is 0 Å². The van der Waals surface area contributed by atoms with E-state index in [9.17, 15) is 0 Å². The zero-order valence-electron chi connectivity index (χ0n) is 12.6. The summed E-state index contributed by atoms with van der Waals surface area (Å²) in [5.74, 6) is 0.831. The Morgan fingerprint density at radius 3 is 2.78 bits per heavy atom. The fourth-order valence-corrected chi connectivity index (χ4v) is 2.42. The Hall–Kier alpha value is -0.120. The van der Waals surface area contributed by atoms with Gasteiger partial charge in [0.2, 0.25) is 0 Å². The van der Waals surface area contributed by atoms with Crippen LogP contribution in [0, 0.1) is 5.92 Å². The fraction of sp³-hybridized carbons (Fsp3) is 1.00. The van der Waals surface area contributed by atoms with Crippen molar-refractivity contribution in [3.8, 4) is 0 Å². The molecule has 0 bridgehead atoms. The summed E-state index contributed by atoms with van der Waals surface area (Å²) < 4.78 is 5.76. The van der Waals surface area contributed by atoms with E-state index in [2.05, 4.69) is 31.1 Å². The molecule has 0 aliphatic carbocycles. The molecule has 0 radical (unpaired) electrons. The molecule has 3 nitrogen and oxygen atoms in total. The molecule has 1 N–H and O–H groups in total. The Kier molecular flexibility index (Phi) is 8.64. The molecule has 18 heavy (non-hydrogen) atoms. The Labute approximate surface area is 113 Å². The first-order valence-electron chi connectivity index (χ1n) is 7.69. The van der Waals surface area contributed by atoms with Gasteiger partial charge in [0.05, 0.1) is 6.10 Å². The smallest absolute Gasteiger partial charge is 0.0701 e. The average Bonchev–Trinajstić information content (AvgIpc) is 2.34. The Morgan fingerprint density at radius 2 is 2.11 bits per heavy atom. The van der Waals surface area contributed by atoms with Gasteiger partial charge in [-0.05, 0) is 51.6 Å². The zero-order chi connectivity index (χ0) is 13.2. The van der Waals surface area contributed by atoms with E-state index < -0.39 is 0 Å². The van der Waals surface area contributed by atoms with Crippen LogP contribution in [0.5, 0.6) is 0 Å². The lowest BCUT2D eigenvalue weighted by Gasteiger charge is -2.27. The number of likely N-dealkylation sites (N-methyl/N-ethyl adjacent to an activating group) is 1. The lowest BCUT2D eigenvalue weighted by Crippen LogP contribution is -2.37.